The Bertz CT molecular complexity index is 1130. The van der Waals surface area contributed by atoms with Gasteiger partial charge in [0.25, 0.3) is 0 Å². The predicted octanol–water partition coefficient (Wildman–Crippen LogP) is 4.64. The third-order valence-electron chi connectivity index (χ3n) is 6.14. The van der Waals surface area contributed by atoms with E-state index in [4.69, 9.17) is 14.2 Å². The van der Waals surface area contributed by atoms with Gasteiger partial charge in [0.2, 0.25) is 0 Å². The maximum Gasteiger partial charge on any atom is 0.302 e. The van der Waals surface area contributed by atoms with Gasteiger partial charge in [0.05, 0.1) is 13.7 Å². The highest BCUT2D eigenvalue weighted by atomic mass is 19.1. The summed E-state index contributed by atoms with van der Waals surface area (Å²) in [6, 6.07) is 8.87. The van der Waals surface area contributed by atoms with Crippen molar-refractivity contribution >= 4 is 16.9 Å². The van der Waals surface area contributed by atoms with E-state index in [0.29, 0.717) is 26.0 Å². The highest BCUT2D eigenvalue weighted by Gasteiger charge is 2.23. The van der Waals surface area contributed by atoms with Crippen LogP contribution in [0.4, 0.5) is 4.39 Å². The van der Waals surface area contributed by atoms with Crippen LogP contribution in [0.3, 0.4) is 0 Å². The van der Waals surface area contributed by atoms with E-state index in [1.54, 1.807) is 19.2 Å². The highest BCUT2D eigenvalue weighted by Crippen LogP contribution is 2.33. The maximum absolute atomic E-state index is 13.7. The smallest absolute Gasteiger partial charge is 0.302 e. The molecule has 33 heavy (non-hydrogen) atoms. The van der Waals surface area contributed by atoms with Gasteiger partial charge in [-0.3, -0.25) is 9.69 Å². The highest BCUT2D eigenvalue weighted by molar-refractivity contribution is 5.83. The van der Waals surface area contributed by atoms with E-state index in [9.17, 15) is 9.18 Å². The van der Waals surface area contributed by atoms with Crippen molar-refractivity contribution in [2.75, 3.05) is 26.8 Å². The molecule has 7 heteroatoms. The summed E-state index contributed by atoms with van der Waals surface area (Å²) in [6.07, 6.45) is 3.92. The molecule has 0 saturated carbocycles. The zero-order valence-corrected chi connectivity index (χ0v) is 19.4. The number of benzene rings is 2. The summed E-state index contributed by atoms with van der Waals surface area (Å²) in [5.41, 5.74) is 4.40. The monoisotopic (exact) mass is 454 g/mol. The van der Waals surface area contributed by atoms with Crippen LogP contribution in [-0.2, 0) is 28.9 Å². The lowest BCUT2D eigenvalue weighted by Gasteiger charge is -2.32. The van der Waals surface area contributed by atoms with Crippen molar-refractivity contribution in [2.24, 2.45) is 0 Å². The van der Waals surface area contributed by atoms with Crippen LogP contribution in [0.1, 0.15) is 37.0 Å². The molecule has 3 aromatic rings. The van der Waals surface area contributed by atoms with Crippen LogP contribution in [0.2, 0.25) is 0 Å². The van der Waals surface area contributed by atoms with E-state index in [0.717, 1.165) is 47.5 Å². The van der Waals surface area contributed by atoms with E-state index in [2.05, 4.69) is 22.0 Å². The molecule has 1 aliphatic rings. The number of aromatic nitrogens is 1. The van der Waals surface area contributed by atoms with Gasteiger partial charge in [0, 0.05) is 43.7 Å². The Morgan fingerprint density at radius 2 is 2.03 bits per heavy atom. The average Bonchev–Trinajstić information content (AvgIpc) is 3.19. The number of H-pyrrole nitrogens is 1. The first-order valence-electron chi connectivity index (χ1n) is 11.4. The van der Waals surface area contributed by atoms with Crippen LogP contribution in [0, 0.1) is 5.82 Å². The zero-order chi connectivity index (χ0) is 23.4. The number of aromatic amines is 1. The molecule has 1 aliphatic heterocycles. The van der Waals surface area contributed by atoms with Crippen LogP contribution in [0.15, 0.2) is 36.5 Å². The number of carbonyl (C=O) groups excluding carboxylic acids is 1. The largest absolute Gasteiger partial charge is 0.493 e. The second-order valence-electron chi connectivity index (χ2n) is 8.46. The third-order valence-corrected chi connectivity index (χ3v) is 6.14. The number of methoxy groups -OCH3 is 1. The van der Waals surface area contributed by atoms with Crippen molar-refractivity contribution in [1.82, 2.24) is 9.88 Å². The van der Waals surface area contributed by atoms with Gasteiger partial charge in [-0.1, -0.05) is 0 Å². The molecule has 1 atom stereocenters. The molecule has 176 valence electrons. The maximum atomic E-state index is 13.7. The van der Waals surface area contributed by atoms with Crippen molar-refractivity contribution in [3.8, 4) is 11.5 Å². The Labute approximate surface area is 193 Å². The number of hydrogen-bond acceptors (Lipinski definition) is 5. The molecule has 6 nitrogen and oxygen atoms in total. The standard InChI is InChI=1S/C26H31FN2O4/c1-4-32-26-12-20-15-29(10-9-18(20)11-25(26)31-3)16-22(33-17(2)30)7-5-19-14-28-24-8-6-21(27)13-23(19)24/h6,8,11-14,22,28H,4-5,7,9-10,15-16H2,1-3H3. The molecule has 0 radical (unpaired) electrons. The minimum absolute atomic E-state index is 0.243. The Hall–Kier alpha value is -3.06. The lowest BCUT2D eigenvalue weighted by Crippen LogP contribution is -2.38. The number of ether oxygens (including phenoxy) is 3. The lowest BCUT2D eigenvalue weighted by atomic mass is 9.98. The number of nitrogens with zero attached hydrogens (tertiary/aromatic N) is 1. The van der Waals surface area contributed by atoms with Crippen molar-refractivity contribution in [2.45, 2.75) is 45.8 Å². The van der Waals surface area contributed by atoms with E-state index < -0.39 is 0 Å². The molecular formula is C26H31FN2O4. The number of halogens is 1. The summed E-state index contributed by atoms with van der Waals surface area (Å²) in [6.45, 7) is 6.25. The quantitative estimate of drug-likeness (QED) is 0.478. The Kier molecular flexibility index (Phi) is 7.18. The fourth-order valence-electron chi connectivity index (χ4n) is 4.59. The van der Waals surface area contributed by atoms with Crippen molar-refractivity contribution in [1.29, 1.82) is 0 Å². The molecule has 0 aliphatic carbocycles. The Morgan fingerprint density at radius 3 is 2.79 bits per heavy atom. The van der Waals surface area contributed by atoms with Gasteiger partial charge < -0.3 is 19.2 Å². The SMILES string of the molecule is CCOc1cc2c(cc1OC)CCN(CC(CCc1c[nH]c3ccc(F)cc13)OC(C)=O)C2. The molecule has 0 fully saturated rings. The number of fused-ring (bicyclic) bond motifs is 2. The lowest BCUT2D eigenvalue weighted by molar-refractivity contribution is -0.147. The van der Waals surface area contributed by atoms with Crippen LogP contribution >= 0.6 is 0 Å². The molecule has 0 bridgehead atoms. The van der Waals surface area contributed by atoms with Crippen LogP contribution in [0.5, 0.6) is 11.5 Å². The van der Waals surface area contributed by atoms with E-state index in [-0.39, 0.29) is 17.9 Å². The van der Waals surface area contributed by atoms with Crippen molar-refractivity contribution in [3.05, 3.63) is 59.0 Å². The molecule has 1 N–H and O–H groups in total. The Morgan fingerprint density at radius 1 is 1.21 bits per heavy atom. The number of hydrogen-bond donors (Lipinski definition) is 1. The topological polar surface area (TPSA) is 63.8 Å². The molecule has 2 aromatic carbocycles. The predicted molar refractivity (Wildman–Crippen MR) is 125 cm³/mol. The molecule has 0 saturated heterocycles. The van der Waals surface area contributed by atoms with E-state index in [1.807, 2.05) is 13.1 Å². The molecular weight excluding hydrogens is 423 g/mol. The fraction of sp³-hybridized carbons (Fsp3) is 0.423. The van der Waals surface area contributed by atoms with Gasteiger partial charge in [-0.2, -0.15) is 0 Å². The number of carbonyl (C=O) groups is 1. The molecule has 1 aromatic heterocycles. The first-order chi connectivity index (χ1) is 16.0. The molecule has 0 spiro atoms. The Balaban J connectivity index is 1.45. The minimum atomic E-state index is -0.286. The third kappa shape index (κ3) is 5.47. The molecule has 2 heterocycles. The number of rotatable bonds is 9. The van der Waals surface area contributed by atoms with Crippen molar-refractivity contribution in [3.63, 3.8) is 0 Å². The summed E-state index contributed by atoms with van der Waals surface area (Å²) in [4.78, 5) is 17.3. The molecule has 0 amide bonds. The first-order valence-corrected chi connectivity index (χ1v) is 11.4. The zero-order valence-electron chi connectivity index (χ0n) is 19.4. The average molecular weight is 455 g/mol. The van der Waals surface area contributed by atoms with Crippen LogP contribution in [0.25, 0.3) is 10.9 Å². The normalized spacial score (nSPS) is 14.7. The summed E-state index contributed by atoms with van der Waals surface area (Å²) >= 11 is 0. The summed E-state index contributed by atoms with van der Waals surface area (Å²) in [5.74, 6) is 0.973. The number of aryl methyl sites for hydroxylation is 1. The summed E-state index contributed by atoms with van der Waals surface area (Å²) < 4.78 is 30.6. The van der Waals surface area contributed by atoms with Gasteiger partial charge in [0.15, 0.2) is 11.5 Å². The van der Waals surface area contributed by atoms with Gasteiger partial charge >= 0.3 is 5.97 Å². The van der Waals surface area contributed by atoms with Gasteiger partial charge in [0.1, 0.15) is 11.9 Å². The number of esters is 1. The van der Waals surface area contributed by atoms with Gasteiger partial charge in [-0.05, 0) is 73.2 Å². The summed E-state index contributed by atoms with van der Waals surface area (Å²) in [5, 5.41) is 0.876. The van der Waals surface area contributed by atoms with E-state index >= 15 is 0 Å². The van der Waals surface area contributed by atoms with Gasteiger partial charge in [-0.15, -0.1) is 0 Å². The second kappa shape index (κ2) is 10.3. The molecule has 4 rings (SSSR count). The second-order valence-corrected chi connectivity index (χ2v) is 8.46. The molecule has 1 unspecified atom stereocenters. The number of nitrogens with one attached hydrogen (secondary N) is 1. The fourth-order valence-corrected chi connectivity index (χ4v) is 4.59. The van der Waals surface area contributed by atoms with Gasteiger partial charge in [-0.25, -0.2) is 4.39 Å². The van der Waals surface area contributed by atoms with Crippen molar-refractivity contribution < 1.29 is 23.4 Å². The minimum Gasteiger partial charge on any atom is -0.493 e. The van der Waals surface area contributed by atoms with E-state index in [1.165, 1.54) is 24.1 Å². The van der Waals surface area contributed by atoms with Crippen LogP contribution < -0.4 is 9.47 Å². The first kappa shape index (κ1) is 23.1. The van der Waals surface area contributed by atoms with Crippen LogP contribution in [-0.4, -0.2) is 48.8 Å². The summed E-state index contributed by atoms with van der Waals surface area (Å²) in [7, 11) is 1.66.